The van der Waals surface area contributed by atoms with Crippen LogP contribution in [0.25, 0.3) is 5.69 Å². The molecular formula is C29H41N5O. The van der Waals surface area contributed by atoms with Gasteiger partial charge in [-0.3, -0.25) is 4.90 Å². The van der Waals surface area contributed by atoms with Gasteiger partial charge in [-0.05, 0) is 57.5 Å². The highest BCUT2D eigenvalue weighted by atomic mass is 16.3. The van der Waals surface area contributed by atoms with Crippen LogP contribution in [0, 0.1) is 6.92 Å². The standard InChI is InChI=1S/C29H41N5O/c1-6-27-26(21-33(22(3)4)20-24-14-13-23(5)19-28(24)35)29(32-17-15-31(7-2)16-18-32)34(30-27)25-11-9-8-10-12-25/h8-14,19,22,35H,6-7,15-18,20-21H2,1-5H3. The topological polar surface area (TPSA) is 47.8 Å². The van der Waals surface area contributed by atoms with Gasteiger partial charge >= 0.3 is 0 Å². The van der Waals surface area contributed by atoms with Crippen molar-refractivity contribution in [3.8, 4) is 11.4 Å². The van der Waals surface area contributed by atoms with Crippen LogP contribution in [0.2, 0.25) is 0 Å². The fraction of sp³-hybridized carbons (Fsp3) is 0.483. The smallest absolute Gasteiger partial charge is 0.137 e. The quantitative estimate of drug-likeness (QED) is 0.472. The fourth-order valence-electron chi connectivity index (χ4n) is 4.93. The molecule has 1 saturated heterocycles. The summed E-state index contributed by atoms with van der Waals surface area (Å²) in [5, 5.41) is 15.7. The molecule has 1 fully saturated rings. The summed E-state index contributed by atoms with van der Waals surface area (Å²) in [5.41, 5.74) is 5.61. The maximum absolute atomic E-state index is 10.6. The van der Waals surface area contributed by atoms with Gasteiger partial charge in [0.2, 0.25) is 0 Å². The van der Waals surface area contributed by atoms with Gasteiger partial charge in [-0.25, -0.2) is 4.68 Å². The molecule has 2 aromatic carbocycles. The fourth-order valence-corrected chi connectivity index (χ4v) is 4.93. The van der Waals surface area contributed by atoms with Gasteiger partial charge in [-0.1, -0.05) is 44.2 Å². The number of aryl methyl sites for hydroxylation is 2. The number of anilines is 1. The van der Waals surface area contributed by atoms with E-state index in [1.54, 1.807) is 0 Å². The summed E-state index contributed by atoms with van der Waals surface area (Å²) >= 11 is 0. The monoisotopic (exact) mass is 475 g/mol. The Labute approximate surface area is 210 Å². The van der Waals surface area contributed by atoms with Crippen LogP contribution in [-0.4, -0.2) is 63.5 Å². The lowest BCUT2D eigenvalue weighted by molar-refractivity contribution is 0.200. The molecule has 0 atom stereocenters. The first-order valence-corrected chi connectivity index (χ1v) is 13.1. The highest BCUT2D eigenvalue weighted by Gasteiger charge is 2.28. The number of benzene rings is 2. The molecule has 0 bridgehead atoms. The summed E-state index contributed by atoms with van der Waals surface area (Å²) in [6.45, 7) is 17.7. The molecule has 0 saturated carbocycles. The van der Waals surface area contributed by atoms with Crippen molar-refractivity contribution < 1.29 is 5.11 Å². The molecule has 35 heavy (non-hydrogen) atoms. The summed E-state index contributed by atoms with van der Waals surface area (Å²) in [7, 11) is 0. The van der Waals surface area contributed by atoms with E-state index in [4.69, 9.17) is 5.10 Å². The Morgan fingerprint density at radius 2 is 1.69 bits per heavy atom. The molecule has 0 spiro atoms. The van der Waals surface area contributed by atoms with E-state index in [-0.39, 0.29) is 0 Å². The van der Waals surface area contributed by atoms with E-state index in [1.165, 1.54) is 11.4 Å². The molecule has 1 aliphatic rings. The van der Waals surface area contributed by atoms with Crippen LogP contribution in [0.5, 0.6) is 5.75 Å². The van der Waals surface area contributed by atoms with E-state index in [0.29, 0.717) is 18.3 Å². The number of likely N-dealkylation sites (N-methyl/N-ethyl adjacent to an activating group) is 1. The second kappa shape index (κ2) is 11.3. The third-order valence-electron chi connectivity index (χ3n) is 7.20. The van der Waals surface area contributed by atoms with Crippen molar-refractivity contribution in [1.29, 1.82) is 0 Å². The number of nitrogens with zero attached hydrogens (tertiary/aromatic N) is 5. The summed E-state index contributed by atoms with van der Waals surface area (Å²) in [4.78, 5) is 7.49. The van der Waals surface area contributed by atoms with Crippen molar-refractivity contribution >= 4 is 5.82 Å². The van der Waals surface area contributed by atoms with Gasteiger partial charge in [-0.15, -0.1) is 0 Å². The number of hydrogen-bond acceptors (Lipinski definition) is 5. The Morgan fingerprint density at radius 1 is 0.971 bits per heavy atom. The zero-order chi connectivity index (χ0) is 24.9. The average Bonchev–Trinajstić information content (AvgIpc) is 3.23. The van der Waals surface area contributed by atoms with Crippen LogP contribution < -0.4 is 4.90 Å². The molecule has 1 N–H and O–H groups in total. The van der Waals surface area contributed by atoms with Crippen molar-refractivity contribution in [3.63, 3.8) is 0 Å². The lowest BCUT2D eigenvalue weighted by Crippen LogP contribution is -2.47. The lowest BCUT2D eigenvalue weighted by atomic mass is 10.1. The molecule has 0 aliphatic carbocycles. The number of piperazine rings is 1. The minimum Gasteiger partial charge on any atom is -0.508 e. The maximum atomic E-state index is 10.6. The first kappa shape index (κ1) is 25.3. The number of aromatic nitrogens is 2. The minimum atomic E-state index is 0.324. The number of phenols is 1. The highest BCUT2D eigenvalue weighted by Crippen LogP contribution is 2.32. The Kier molecular flexibility index (Phi) is 8.14. The largest absolute Gasteiger partial charge is 0.508 e. The van der Waals surface area contributed by atoms with Crippen LogP contribution >= 0.6 is 0 Å². The van der Waals surface area contributed by atoms with E-state index >= 15 is 0 Å². The number of phenolic OH excluding ortho intramolecular Hbond substituents is 1. The van der Waals surface area contributed by atoms with Gasteiger partial charge in [0.1, 0.15) is 11.6 Å². The first-order chi connectivity index (χ1) is 16.9. The summed E-state index contributed by atoms with van der Waals surface area (Å²) < 4.78 is 2.16. The van der Waals surface area contributed by atoms with E-state index in [0.717, 1.165) is 68.2 Å². The predicted molar refractivity (Wildman–Crippen MR) is 144 cm³/mol. The molecule has 0 unspecified atom stereocenters. The molecule has 3 aromatic rings. The van der Waals surface area contributed by atoms with E-state index < -0.39 is 0 Å². The van der Waals surface area contributed by atoms with E-state index in [1.807, 2.05) is 13.0 Å². The summed E-state index contributed by atoms with van der Waals surface area (Å²) in [6, 6.07) is 16.8. The number of hydrogen-bond donors (Lipinski definition) is 1. The SMILES string of the molecule is CCc1nn(-c2ccccc2)c(N2CCN(CC)CC2)c1CN(Cc1ccc(C)cc1O)C(C)C. The van der Waals surface area contributed by atoms with E-state index in [9.17, 15) is 5.11 Å². The predicted octanol–water partition coefficient (Wildman–Crippen LogP) is 5.00. The zero-order valence-corrected chi connectivity index (χ0v) is 22.0. The number of rotatable bonds is 9. The maximum Gasteiger partial charge on any atom is 0.137 e. The minimum absolute atomic E-state index is 0.324. The highest BCUT2D eigenvalue weighted by molar-refractivity contribution is 5.56. The molecule has 4 rings (SSSR count). The van der Waals surface area contributed by atoms with Gasteiger partial charge in [0.05, 0.1) is 11.4 Å². The third kappa shape index (κ3) is 5.71. The van der Waals surface area contributed by atoms with Crippen LogP contribution in [-0.2, 0) is 19.5 Å². The molecule has 188 valence electrons. The Bertz CT molecular complexity index is 1100. The van der Waals surface area contributed by atoms with Crippen LogP contribution in [0.4, 0.5) is 5.82 Å². The van der Waals surface area contributed by atoms with Crippen LogP contribution in [0.1, 0.15) is 50.1 Å². The Balaban J connectivity index is 1.73. The molecule has 2 heterocycles. The van der Waals surface area contributed by atoms with Crippen LogP contribution in [0.15, 0.2) is 48.5 Å². The van der Waals surface area contributed by atoms with Crippen LogP contribution in [0.3, 0.4) is 0 Å². The summed E-state index contributed by atoms with van der Waals surface area (Å²) in [5.74, 6) is 1.60. The Morgan fingerprint density at radius 3 is 2.29 bits per heavy atom. The van der Waals surface area contributed by atoms with E-state index in [2.05, 4.69) is 89.5 Å². The number of aromatic hydroxyl groups is 1. The van der Waals surface area contributed by atoms with Crippen molar-refractivity contribution in [3.05, 3.63) is 70.9 Å². The Hall–Kier alpha value is -2.83. The normalized spacial score (nSPS) is 14.9. The molecular weight excluding hydrogens is 434 g/mol. The van der Waals surface area contributed by atoms with Gasteiger partial charge < -0.3 is 14.9 Å². The summed E-state index contributed by atoms with van der Waals surface area (Å²) in [6.07, 6.45) is 0.888. The molecule has 1 aliphatic heterocycles. The molecule has 6 heteroatoms. The molecule has 6 nitrogen and oxygen atoms in total. The van der Waals surface area contributed by atoms with Crippen molar-refractivity contribution in [2.75, 3.05) is 37.6 Å². The third-order valence-corrected chi connectivity index (χ3v) is 7.20. The molecule has 0 radical (unpaired) electrons. The van der Waals surface area contributed by atoms with Crippen molar-refractivity contribution in [1.82, 2.24) is 19.6 Å². The second-order valence-electron chi connectivity index (χ2n) is 9.90. The molecule has 0 amide bonds. The van der Waals surface area contributed by atoms with Crippen molar-refractivity contribution in [2.45, 2.75) is 60.2 Å². The zero-order valence-electron chi connectivity index (χ0n) is 22.0. The molecule has 1 aromatic heterocycles. The van der Waals surface area contributed by atoms with Gasteiger partial charge in [0.15, 0.2) is 0 Å². The first-order valence-electron chi connectivity index (χ1n) is 13.1. The van der Waals surface area contributed by atoms with Gasteiger partial charge in [0.25, 0.3) is 0 Å². The van der Waals surface area contributed by atoms with Crippen molar-refractivity contribution in [2.24, 2.45) is 0 Å². The number of para-hydroxylation sites is 1. The van der Waals surface area contributed by atoms with Gasteiger partial charge in [-0.2, -0.15) is 5.10 Å². The average molecular weight is 476 g/mol. The second-order valence-corrected chi connectivity index (χ2v) is 9.90. The van der Waals surface area contributed by atoms with Gasteiger partial charge in [0, 0.05) is 56.4 Å². The lowest BCUT2D eigenvalue weighted by Gasteiger charge is -2.37.